The van der Waals surface area contributed by atoms with Gasteiger partial charge in [0.1, 0.15) is 12.2 Å². The number of thiazole rings is 1. The zero-order valence-electron chi connectivity index (χ0n) is 28.4. The molecule has 6 N–H and O–H groups in total. The van der Waals surface area contributed by atoms with Crippen LogP contribution >= 0.6 is 34.7 Å². The van der Waals surface area contributed by atoms with Crippen molar-refractivity contribution in [3.63, 3.8) is 0 Å². The lowest BCUT2D eigenvalue weighted by molar-refractivity contribution is -0.904. The van der Waals surface area contributed by atoms with Crippen LogP contribution in [0, 0.1) is 11.3 Å². The lowest BCUT2D eigenvalue weighted by atomic mass is 9.84. The third-order valence-electron chi connectivity index (χ3n) is 10.2. The number of benzene rings is 1. The molecule has 0 unspecified atom stereocenters. The van der Waals surface area contributed by atoms with Crippen LogP contribution in [0.15, 0.2) is 33.9 Å². The van der Waals surface area contributed by atoms with Gasteiger partial charge in [0.15, 0.2) is 28.1 Å². The molecular formula is C33H35ClN6O11S2. The SMILES string of the molecule is CC(C)(O/N=C(\C(=O)C[C@@H]1C(=O)N2C(C(=O)[O-])=C(C[N+]34CCC(CNC(=O)C(=O)c5cc(O)c(O)c(Cl)c5)(CC3)C4)CS[C@H]12)c1csc(N)n1)C(=O)O. The van der Waals surface area contributed by atoms with E-state index in [2.05, 4.69) is 15.5 Å². The minimum Gasteiger partial charge on any atom is -0.543 e. The minimum atomic E-state index is -1.78. The number of aliphatic carboxylic acids is 2. The van der Waals surface area contributed by atoms with Gasteiger partial charge in [0.05, 0.1) is 47.6 Å². The molecule has 2 aromatic rings. The van der Waals surface area contributed by atoms with E-state index in [-0.39, 0.29) is 57.0 Å². The Bertz CT molecular complexity index is 1980. The van der Waals surface area contributed by atoms with E-state index < -0.39 is 63.7 Å². The fourth-order valence-electron chi connectivity index (χ4n) is 7.32. The number of thioether (sulfide) groups is 1. The van der Waals surface area contributed by atoms with Gasteiger partial charge in [-0.1, -0.05) is 16.8 Å². The summed E-state index contributed by atoms with van der Waals surface area (Å²) in [6, 6.07) is 2.05. The highest BCUT2D eigenvalue weighted by Crippen LogP contribution is 2.49. The number of hydrogen-bond donors (Lipinski definition) is 5. The summed E-state index contributed by atoms with van der Waals surface area (Å²) in [6.07, 6.45) is 1.03. The number of anilines is 1. The summed E-state index contributed by atoms with van der Waals surface area (Å²) in [4.78, 5) is 87.0. The maximum atomic E-state index is 13.5. The number of phenols is 2. The first-order valence-corrected chi connectivity index (χ1v) is 18.7. The van der Waals surface area contributed by atoms with Crippen LogP contribution in [-0.4, -0.2) is 120 Å². The van der Waals surface area contributed by atoms with Crippen molar-refractivity contribution >= 4 is 80.9 Å². The molecule has 0 spiro atoms. The molecule has 0 saturated carbocycles. The maximum absolute atomic E-state index is 13.5. The molecule has 2 amide bonds. The fourth-order valence-corrected chi connectivity index (χ4v) is 9.49. The Labute approximate surface area is 315 Å². The molecule has 1 aromatic carbocycles. The number of amides is 2. The number of rotatable bonds is 14. The molecule has 5 heterocycles. The molecule has 2 atom stereocenters. The Morgan fingerprint density at radius 1 is 1.23 bits per heavy atom. The summed E-state index contributed by atoms with van der Waals surface area (Å²) in [6.45, 7) is 4.96. The van der Waals surface area contributed by atoms with E-state index in [4.69, 9.17) is 22.2 Å². The molecule has 53 heavy (non-hydrogen) atoms. The average Bonchev–Trinajstić information content (AvgIpc) is 3.81. The number of halogens is 1. The second kappa shape index (κ2) is 13.9. The van der Waals surface area contributed by atoms with Crippen LogP contribution < -0.4 is 16.2 Å². The number of ketones is 2. The molecule has 3 saturated heterocycles. The number of carboxylic acid groups (broad SMARTS) is 2. The van der Waals surface area contributed by atoms with E-state index in [0.29, 0.717) is 49.1 Å². The van der Waals surface area contributed by atoms with Crippen molar-refractivity contribution in [2.45, 2.75) is 44.1 Å². The van der Waals surface area contributed by atoms with Crippen molar-refractivity contribution in [3.8, 4) is 11.5 Å². The molecule has 1 aromatic heterocycles. The molecule has 20 heteroatoms. The first-order chi connectivity index (χ1) is 24.9. The quantitative estimate of drug-likeness (QED) is 0.0332. The number of piperidine rings is 1. The Kier molecular flexibility index (Phi) is 9.99. The standard InChI is InChI=1S/C33H35ClN6O11S2/c1-32(2,30(49)50)51-38-22(19-12-53-31(35)37-19)20(41)9-17-27(46)39-23(29(47)48)16(11-52-28(17)39)10-40-5-3-33(14-40,4-6-40)13-36-26(45)24(43)15-7-18(34)25(44)21(42)8-15/h7-8,12,17,28H,3-6,9-11,13-14H2,1-2H3,(H6-,35,36,37,38,41,42,43,44,45,47,48,49,50)/t17-,28-,33?,40?/m1/s1. The highest BCUT2D eigenvalue weighted by atomic mass is 35.5. The highest BCUT2D eigenvalue weighted by molar-refractivity contribution is 8.00. The largest absolute Gasteiger partial charge is 0.543 e. The number of nitrogens with zero attached hydrogens (tertiary/aromatic N) is 4. The second-order valence-electron chi connectivity index (χ2n) is 14.2. The number of β-lactam (4-membered cyclic amide) rings is 1. The number of fused-ring (bicyclic) bond motifs is 3. The average molecular weight is 791 g/mol. The fraction of sp³-hybridized carbons (Fsp3) is 0.455. The summed E-state index contributed by atoms with van der Waals surface area (Å²) in [7, 11) is 0. The summed E-state index contributed by atoms with van der Waals surface area (Å²) in [5, 5.41) is 48.5. The summed E-state index contributed by atoms with van der Waals surface area (Å²) < 4.78 is 0.524. The number of nitrogen functional groups attached to an aromatic ring is 1. The van der Waals surface area contributed by atoms with Crippen LogP contribution in [-0.2, 0) is 28.8 Å². The number of nitrogens with one attached hydrogen (secondary N) is 1. The first kappa shape index (κ1) is 38.0. The van der Waals surface area contributed by atoms with Crippen LogP contribution in [0.1, 0.15) is 49.2 Å². The number of aromatic hydroxyl groups is 2. The van der Waals surface area contributed by atoms with E-state index in [9.17, 15) is 49.2 Å². The number of hydrogen-bond acceptors (Lipinski definition) is 15. The number of aromatic nitrogens is 1. The zero-order valence-corrected chi connectivity index (χ0v) is 30.8. The van der Waals surface area contributed by atoms with Gasteiger partial charge < -0.3 is 45.6 Å². The van der Waals surface area contributed by atoms with Crippen molar-refractivity contribution in [3.05, 3.63) is 45.1 Å². The van der Waals surface area contributed by atoms with E-state index in [1.165, 1.54) is 31.0 Å². The second-order valence-corrected chi connectivity index (χ2v) is 16.6. The number of oxime groups is 1. The lowest BCUT2D eigenvalue weighted by Gasteiger charge is -2.51. The molecule has 282 valence electrons. The number of nitrogens with two attached hydrogens (primary N) is 1. The van der Waals surface area contributed by atoms with Gasteiger partial charge in [0.25, 0.3) is 5.91 Å². The van der Waals surface area contributed by atoms with Gasteiger partial charge in [-0.05, 0) is 26.0 Å². The van der Waals surface area contributed by atoms with E-state index in [1.54, 1.807) is 0 Å². The summed E-state index contributed by atoms with van der Waals surface area (Å²) in [5.74, 6) is -7.78. The Balaban J connectivity index is 1.12. The predicted molar refractivity (Wildman–Crippen MR) is 188 cm³/mol. The van der Waals surface area contributed by atoms with Crippen LogP contribution in [0.3, 0.4) is 0 Å². The molecule has 3 fully saturated rings. The molecule has 4 aliphatic heterocycles. The van der Waals surface area contributed by atoms with Crippen LogP contribution in [0.5, 0.6) is 11.5 Å². The zero-order chi connectivity index (χ0) is 38.6. The molecule has 6 rings (SSSR count). The Morgan fingerprint density at radius 2 is 1.92 bits per heavy atom. The lowest BCUT2D eigenvalue weighted by Crippen LogP contribution is -2.63. The molecule has 0 aliphatic carbocycles. The number of phenolic OH excluding ortho intramolecular Hbond substituents is 2. The van der Waals surface area contributed by atoms with Crippen molar-refractivity contribution in [2.24, 2.45) is 16.5 Å². The van der Waals surface area contributed by atoms with Crippen molar-refractivity contribution in [2.75, 3.05) is 44.2 Å². The number of carbonyl (C=O) groups is 6. The number of quaternary nitrogens is 1. The third-order valence-corrected chi connectivity index (χ3v) is 12.6. The topological polar surface area (TPSA) is 262 Å². The van der Waals surface area contributed by atoms with Crippen molar-refractivity contribution < 1.29 is 58.5 Å². The van der Waals surface area contributed by atoms with E-state index >= 15 is 0 Å². The summed E-state index contributed by atoms with van der Waals surface area (Å²) >= 11 is 8.19. The van der Waals surface area contributed by atoms with Crippen molar-refractivity contribution in [1.29, 1.82) is 0 Å². The van der Waals surface area contributed by atoms with E-state index in [1.807, 2.05) is 0 Å². The normalized spacial score (nSPS) is 25.2. The molecule has 2 bridgehead atoms. The maximum Gasteiger partial charge on any atom is 0.350 e. The number of Topliss-reactive ketones (excluding diaryl/α,β-unsaturated/α-hetero) is 2. The van der Waals surface area contributed by atoms with Gasteiger partial charge in [-0.25, -0.2) is 9.78 Å². The third kappa shape index (κ3) is 7.17. The first-order valence-electron chi connectivity index (χ1n) is 16.4. The van der Waals surface area contributed by atoms with Gasteiger partial charge in [-0.2, -0.15) is 0 Å². The Hall–Kier alpha value is -4.72. The van der Waals surface area contributed by atoms with Crippen LogP contribution in [0.2, 0.25) is 5.02 Å². The van der Waals surface area contributed by atoms with E-state index in [0.717, 1.165) is 28.4 Å². The van der Waals surface area contributed by atoms with Gasteiger partial charge in [-0.3, -0.25) is 24.1 Å². The monoisotopic (exact) mass is 790 g/mol. The number of carbonyl (C=O) groups excluding carboxylic acids is 5. The smallest absolute Gasteiger partial charge is 0.350 e. The molecule has 0 radical (unpaired) electrons. The molecule has 4 aliphatic rings. The van der Waals surface area contributed by atoms with Gasteiger partial charge in [-0.15, -0.1) is 23.1 Å². The highest BCUT2D eigenvalue weighted by Gasteiger charge is 2.58. The van der Waals surface area contributed by atoms with Gasteiger partial charge in [0, 0.05) is 53.5 Å². The summed E-state index contributed by atoms with van der Waals surface area (Å²) in [5.41, 5.74) is 3.46. The van der Waals surface area contributed by atoms with Gasteiger partial charge in [0.2, 0.25) is 17.3 Å². The van der Waals surface area contributed by atoms with Gasteiger partial charge >= 0.3 is 5.97 Å². The molecule has 17 nitrogen and oxygen atoms in total. The Morgan fingerprint density at radius 3 is 2.53 bits per heavy atom. The predicted octanol–water partition coefficient (Wildman–Crippen LogP) is 0.478. The minimum absolute atomic E-state index is 0.0474. The number of carboxylic acids is 2. The molecular weight excluding hydrogens is 756 g/mol. The van der Waals surface area contributed by atoms with Crippen LogP contribution in [0.25, 0.3) is 0 Å². The van der Waals surface area contributed by atoms with Crippen LogP contribution in [0.4, 0.5) is 5.13 Å². The van der Waals surface area contributed by atoms with Crippen molar-refractivity contribution in [1.82, 2.24) is 15.2 Å².